The summed E-state index contributed by atoms with van der Waals surface area (Å²) in [7, 11) is 0. The molecule has 96 valence electrons. The molecule has 0 aromatic carbocycles. The first kappa shape index (κ1) is 12.6. The minimum atomic E-state index is 0.813. The normalized spacial score (nSPS) is 21.9. The summed E-state index contributed by atoms with van der Waals surface area (Å²) in [4.78, 5) is 2.56. The molecular weight excluding hydrogens is 212 g/mol. The van der Waals surface area contributed by atoms with Gasteiger partial charge < -0.3 is 10.6 Å². The van der Waals surface area contributed by atoms with E-state index in [4.69, 9.17) is 5.73 Å². The molecule has 1 aliphatic heterocycles. The number of aryl methyl sites for hydroxylation is 1. The third kappa shape index (κ3) is 3.82. The van der Waals surface area contributed by atoms with E-state index >= 15 is 0 Å². The Bertz CT molecular complexity index is 332. The van der Waals surface area contributed by atoms with E-state index < -0.39 is 0 Å². The summed E-state index contributed by atoms with van der Waals surface area (Å²) in [6.45, 7) is 7.49. The number of rotatable bonds is 5. The Kier molecular flexibility index (Phi) is 4.57. The molecule has 1 saturated heterocycles. The van der Waals surface area contributed by atoms with Gasteiger partial charge in [0, 0.05) is 19.3 Å². The van der Waals surface area contributed by atoms with Crippen LogP contribution >= 0.6 is 0 Å². The molecule has 1 aliphatic rings. The molecule has 2 N–H and O–H groups in total. The van der Waals surface area contributed by atoms with Gasteiger partial charge in [0.25, 0.3) is 0 Å². The number of hydrogen-bond donors (Lipinski definition) is 1. The van der Waals surface area contributed by atoms with Gasteiger partial charge in [-0.3, -0.25) is 4.68 Å². The van der Waals surface area contributed by atoms with Crippen LogP contribution in [0.5, 0.6) is 0 Å². The Labute approximate surface area is 104 Å². The van der Waals surface area contributed by atoms with Crippen molar-refractivity contribution in [3.8, 4) is 0 Å². The van der Waals surface area contributed by atoms with Crippen molar-refractivity contribution in [3.63, 3.8) is 0 Å². The lowest BCUT2D eigenvalue weighted by molar-refractivity contribution is 0.163. The Hall–Kier alpha value is -0.870. The molecule has 1 aromatic rings. The maximum Gasteiger partial charge on any atom is 0.0536 e. The Balaban J connectivity index is 1.75. The molecule has 1 fully saturated rings. The van der Waals surface area contributed by atoms with Gasteiger partial charge in [-0.2, -0.15) is 5.10 Å². The molecule has 0 bridgehead atoms. The summed E-state index contributed by atoms with van der Waals surface area (Å²) in [6, 6.07) is 0. The summed E-state index contributed by atoms with van der Waals surface area (Å²) >= 11 is 0. The predicted molar refractivity (Wildman–Crippen MR) is 69.8 cm³/mol. The molecule has 1 unspecified atom stereocenters. The van der Waals surface area contributed by atoms with Gasteiger partial charge in [0.05, 0.1) is 12.7 Å². The number of aromatic nitrogens is 2. The lowest BCUT2D eigenvalue weighted by Gasteiger charge is -2.32. The quantitative estimate of drug-likeness (QED) is 0.837. The second kappa shape index (κ2) is 6.17. The molecule has 2 heterocycles. The minimum absolute atomic E-state index is 0.813. The fourth-order valence-electron chi connectivity index (χ4n) is 2.66. The Morgan fingerprint density at radius 3 is 3.06 bits per heavy atom. The van der Waals surface area contributed by atoms with Crippen LogP contribution < -0.4 is 5.73 Å². The molecule has 0 radical (unpaired) electrons. The van der Waals surface area contributed by atoms with Gasteiger partial charge in [-0.05, 0) is 50.8 Å². The summed E-state index contributed by atoms with van der Waals surface area (Å²) in [5.74, 6) is 0.813. The zero-order chi connectivity index (χ0) is 12.1. The molecule has 4 heteroatoms. The highest BCUT2D eigenvalue weighted by Crippen LogP contribution is 2.18. The van der Waals surface area contributed by atoms with E-state index in [1.165, 1.54) is 37.9 Å². The number of nitrogens with zero attached hydrogens (tertiary/aromatic N) is 3. The van der Waals surface area contributed by atoms with Gasteiger partial charge in [-0.25, -0.2) is 0 Å². The molecular formula is C13H24N4. The first-order valence-electron chi connectivity index (χ1n) is 6.69. The average molecular weight is 236 g/mol. The molecule has 1 atom stereocenters. The van der Waals surface area contributed by atoms with Crippen molar-refractivity contribution < 1.29 is 0 Å². The van der Waals surface area contributed by atoms with Gasteiger partial charge in [0.1, 0.15) is 0 Å². The second-order valence-electron chi connectivity index (χ2n) is 5.17. The molecule has 0 aliphatic carbocycles. The predicted octanol–water partition coefficient (Wildman–Crippen LogP) is 1.25. The molecule has 2 rings (SSSR count). The number of likely N-dealkylation sites (tertiary alicyclic amines) is 1. The van der Waals surface area contributed by atoms with Crippen LogP contribution in [0.2, 0.25) is 0 Å². The zero-order valence-corrected chi connectivity index (χ0v) is 10.8. The van der Waals surface area contributed by atoms with E-state index in [2.05, 4.69) is 23.1 Å². The van der Waals surface area contributed by atoms with Crippen LogP contribution in [-0.4, -0.2) is 40.9 Å². The van der Waals surface area contributed by atoms with Crippen molar-refractivity contribution in [1.82, 2.24) is 14.7 Å². The van der Waals surface area contributed by atoms with Gasteiger partial charge >= 0.3 is 0 Å². The molecule has 0 saturated carbocycles. The summed E-state index contributed by atoms with van der Waals surface area (Å²) < 4.78 is 2.04. The molecule has 4 nitrogen and oxygen atoms in total. The molecule has 17 heavy (non-hydrogen) atoms. The van der Waals surface area contributed by atoms with Crippen molar-refractivity contribution in [1.29, 1.82) is 0 Å². The van der Waals surface area contributed by atoms with E-state index in [0.717, 1.165) is 25.6 Å². The number of nitrogens with two attached hydrogens (primary N) is 1. The van der Waals surface area contributed by atoms with Crippen LogP contribution in [0, 0.1) is 12.8 Å². The topological polar surface area (TPSA) is 47.1 Å². The highest BCUT2D eigenvalue weighted by Gasteiger charge is 2.18. The van der Waals surface area contributed by atoms with E-state index in [1.807, 2.05) is 10.9 Å². The van der Waals surface area contributed by atoms with Crippen LogP contribution in [0.1, 0.15) is 24.8 Å². The van der Waals surface area contributed by atoms with Gasteiger partial charge in [-0.15, -0.1) is 0 Å². The summed E-state index contributed by atoms with van der Waals surface area (Å²) in [5.41, 5.74) is 6.88. The van der Waals surface area contributed by atoms with E-state index in [1.54, 1.807) is 0 Å². The lowest BCUT2D eigenvalue weighted by Crippen LogP contribution is -2.38. The Morgan fingerprint density at radius 2 is 2.35 bits per heavy atom. The summed E-state index contributed by atoms with van der Waals surface area (Å²) in [6.07, 6.45) is 7.89. The minimum Gasteiger partial charge on any atom is -0.330 e. The third-order valence-corrected chi connectivity index (χ3v) is 3.59. The second-order valence-corrected chi connectivity index (χ2v) is 5.17. The van der Waals surface area contributed by atoms with Crippen molar-refractivity contribution in [2.75, 3.05) is 26.2 Å². The van der Waals surface area contributed by atoms with Gasteiger partial charge in [0.15, 0.2) is 0 Å². The largest absolute Gasteiger partial charge is 0.330 e. The Morgan fingerprint density at radius 1 is 1.47 bits per heavy atom. The smallest absolute Gasteiger partial charge is 0.0536 e. The SMILES string of the molecule is Cc1cnn(CCN2CCCC(CCN)C2)c1. The average Bonchev–Trinajstić information content (AvgIpc) is 2.74. The molecule has 0 amide bonds. The molecule has 1 aromatic heterocycles. The fraction of sp³-hybridized carbons (Fsp3) is 0.769. The van der Waals surface area contributed by atoms with Crippen molar-refractivity contribution in [2.24, 2.45) is 11.7 Å². The van der Waals surface area contributed by atoms with Gasteiger partial charge in [0.2, 0.25) is 0 Å². The summed E-state index contributed by atoms with van der Waals surface area (Å²) in [5, 5.41) is 4.33. The van der Waals surface area contributed by atoms with Gasteiger partial charge in [-0.1, -0.05) is 0 Å². The van der Waals surface area contributed by atoms with Crippen LogP contribution in [0.3, 0.4) is 0 Å². The van der Waals surface area contributed by atoms with Crippen LogP contribution in [0.15, 0.2) is 12.4 Å². The first-order chi connectivity index (χ1) is 8.28. The lowest BCUT2D eigenvalue weighted by atomic mass is 9.95. The standard InChI is InChI=1S/C13H24N4/c1-12-9-15-17(10-12)8-7-16-6-2-3-13(11-16)4-5-14/h9-10,13H,2-8,11,14H2,1H3. The third-order valence-electron chi connectivity index (χ3n) is 3.59. The molecule has 0 spiro atoms. The maximum atomic E-state index is 5.64. The van der Waals surface area contributed by atoms with Crippen LogP contribution in [0.25, 0.3) is 0 Å². The van der Waals surface area contributed by atoms with E-state index in [9.17, 15) is 0 Å². The van der Waals surface area contributed by atoms with Crippen LogP contribution in [-0.2, 0) is 6.54 Å². The highest BCUT2D eigenvalue weighted by atomic mass is 15.3. The van der Waals surface area contributed by atoms with E-state index in [-0.39, 0.29) is 0 Å². The van der Waals surface area contributed by atoms with Crippen molar-refractivity contribution >= 4 is 0 Å². The number of hydrogen-bond acceptors (Lipinski definition) is 3. The number of piperidine rings is 1. The fourth-order valence-corrected chi connectivity index (χ4v) is 2.66. The van der Waals surface area contributed by atoms with E-state index in [0.29, 0.717) is 0 Å². The van der Waals surface area contributed by atoms with Crippen molar-refractivity contribution in [2.45, 2.75) is 32.7 Å². The van der Waals surface area contributed by atoms with Crippen molar-refractivity contribution in [3.05, 3.63) is 18.0 Å². The zero-order valence-electron chi connectivity index (χ0n) is 10.8. The first-order valence-corrected chi connectivity index (χ1v) is 6.69. The monoisotopic (exact) mass is 236 g/mol. The maximum absolute atomic E-state index is 5.64. The van der Waals surface area contributed by atoms with Crippen LogP contribution in [0.4, 0.5) is 0 Å². The highest BCUT2D eigenvalue weighted by molar-refractivity contribution is 4.99.